The maximum absolute atomic E-state index is 12.3. The molecule has 25 heavy (non-hydrogen) atoms. The van der Waals surface area contributed by atoms with Crippen molar-refractivity contribution in [1.82, 2.24) is 0 Å². The van der Waals surface area contributed by atoms with Gasteiger partial charge in [0.05, 0.1) is 30.0 Å². The van der Waals surface area contributed by atoms with Gasteiger partial charge in [-0.05, 0) is 30.3 Å². The van der Waals surface area contributed by atoms with E-state index in [9.17, 15) is 23.3 Å². The van der Waals surface area contributed by atoms with E-state index in [0.717, 1.165) is 6.26 Å². The van der Waals surface area contributed by atoms with Gasteiger partial charge in [-0.25, -0.2) is 8.42 Å². The van der Waals surface area contributed by atoms with E-state index in [4.69, 9.17) is 4.74 Å². The zero-order chi connectivity index (χ0) is 18.6. The summed E-state index contributed by atoms with van der Waals surface area (Å²) in [6.45, 7) is 0. The van der Waals surface area contributed by atoms with Gasteiger partial charge in [-0.15, -0.1) is 0 Å². The average Bonchev–Trinajstić information content (AvgIpc) is 2.54. The molecular weight excluding hydrogens is 350 g/mol. The summed E-state index contributed by atoms with van der Waals surface area (Å²) in [6, 6.07) is 9.61. The predicted molar refractivity (Wildman–Crippen MR) is 92.5 cm³/mol. The van der Waals surface area contributed by atoms with Gasteiger partial charge < -0.3 is 10.1 Å². The van der Waals surface area contributed by atoms with E-state index < -0.39 is 20.9 Å². The van der Waals surface area contributed by atoms with Crippen molar-refractivity contribution in [3.63, 3.8) is 0 Å². The number of anilines is 2. The lowest BCUT2D eigenvalue weighted by Crippen LogP contribution is -2.13. The molecule has 0 atom stereocenters. The number of hydrogen-bond donors (Lipinski definition) is 2. The standard InChI is InChI=1S/C15H15N3O6S/c1-24-14-9-12(18(20)21)7-8-13(14)16-15(19)10-3-5-11(6-4-10)17-25(2,22)23/h3-9,17H,1-2H3,(H,16,19). The van der Waals surface area contributed by atoms with Gasteiger partial charge in [0.25, 0.3) is 11.6 Å². The van der Waals surface area contributed by atoms with Crippen LogP contribution in [0.2, 0.25) is 0 Å². The minimum absolute atomic E-state index is 0.151. The molecular formula is C15H15N3O6S. The summed E-state index contributed by atoms with van der Waals surface area (Å²) in [5.74, 6) is -0.323. The Labute approximate surface area is 143 Å². The number of nitrogens with one attached hydrogen (secondary N) is 2. The number of carbonyl (C=O) groups excluding carboxylic acids is 1. The van der Waals surface area contributed by atoms with Gasteiger partial charge in [-0.3, -0.25) is 19.6 Å². The van der Waals surface area contributed by atoms with Crippen molar-refractivity contribution in [2.75, 3.05) is 23.4 Å². The Hall–Kier alpha value is -3.14. The Morgan fingerprint density at radius 1 is 1.16 bits per heavy atom. The molecule has 9 nitrogen and oxygen atoms in total. The Bertz CT molecular complexity index is 909. The average molecular weight is 365 g/mol. The van der Waals surface area contributed by atoms with E-state index in [2.05, 4.69) is 10.0 Å². The Kier molecular flexibility index (Phi) is 5.22. The van der Waals surface area contributed by atoms with Crippen molar-refractivity contribution >= 4 is 33.0 Å². The molecule has 0 fully saturated rings. The van der Waals surface area contributed by atoms with Crippen molar-refractivity contribution < 1.29 is 22.9 Å². The third kappa shape index (κ3) is 4.91. The number of nitro benzene ring substituents is 1. The molecule has 10 heteroatoms. The zero-order valence-electron chi connectivity index (χ0n) is 13.3. The summed E-state index contributed by atoms with van der Waals surface area (Å²) in [7, 11) is -2.07. The van der Waals surface area contributed by atoms with Gasteiger partial charge >= 0.3 is 0 Å². The van der Waals surface area contributed by atoms with E-state index in [1.807, 2.05) is 0 Å². The highest BCUT2D eigenvalue weighted by Crippen LogP contribution is 2.29. The first-order chi connectivity index (χ1) is 11.7. The summed E-state index contributed by atoms with van der Waals surface area (Å²) in [5.41, 5.74) is 0.717. The molecule has 0 saturated heterocycles. The molecule has 0 saturated carbocycles. The van der Waals surface area contributed by atoms with Crippen molar-refractivity contribution in [3.05, 3.63) is 58.1 Å². The van der Waals surface area contributed by atoms with Crippen LogP contribution in [0.1, 0.15) is 10.4 Å². The number of non-ortho nitro benzene ring substituents is 1. The monoisotopic (exact) mass is 365 g/mol. The number of ether oxygens (including phenoxy) is 1. The fourth-order valence-corrected chi connectivity index (χ4v) is 2.56. The second kappa shape index (κ2) is 7.18. The number of rotatable bonds is 6. The summed E-state index contributed by atoms with van der Waals surface area (Å²) in [6.07, 6.45) is 1.02. The zero-order valence-corrected chi connectivity index (χ0v) is 14.2. The van der Waals surface area contributed by atoms with E-state index in [-0.39, 0.29) is 22.7 Å². The molecule has 0 aliphatic carbocycles. The van der Waals surface area contributed by atoms with Gasteiger partial charge in [0, 0.05) is 17.3 Å². The molecule has 0 aliphatic heterocycles. The number of nitrogens with zero attached hydrogens (tertiary/aromatic N) is 1. The lowest BCUT2D eigenvalue weighted by molar-refractivity contribution is -0.384. The molecule has 0 radical (unpaired) electrons. The lowest BCUT2D eigenvalue weighted by atomic mass is 10.2. The molecule has 0 aliphatic rings. The van der Waals surface area contributed by atoms with Crippen LogP contribution in [0.15, 0.2) is 42.5 Å². The number of methoxy groups -OCH3 is 1. The topological polar surface area (TPSA) is 128 Å². The molecule has 2 N–H and O–H groups in total. The highest BCUT2D eigenvalue weighted by molar-refractivity contribution is 7.92. The quantitative estimate of drug-likeness (QED) is 0.597. The number of nitro groups is 1. The van der Waals surface area contributed by atoms with Crippen LogP contribution in [0, 0.1) is 10.1 Å². The van der Waals surface area contributed by atoms with Crippen molar-refractivity contribution in [1.29, 1.82) is 0 Å². The van der Waals surface area contributed by atoms with Gasteiger partial charge in [0.2, 0.25) is 10.0 Å². The normalized spacial score (nSPS) is 10.8. The summed E-state index contributed by atoms with van der Waals surface area (Å²) in [5, 5.41) is 13.4. The minimum atomic E-state index is -3.40. The van der Waals surface area contributed by atoms with E-state index in [1.54, 1.807) is 0 Å². The Morgan fingerprint density at radius 2 is 1.80 bits per heavy atom. The summed E-state index contributed by atoms with van der Waals surface area (Å²) in [4.78, 5) is 22.5. The fraction of sp³-hybridized carbons (Fsp3) is 0.133. The van der Waals surface area contributed by atoms with Crippen LogP contribution in [0.5, 0.6) is 5.75 Å². The van der Waals surface area contributed by atoms with Gasteiger partial charge in [0.15, 0.2) is 0 Å². The highest BCUT2D eigenvalue weighted by Gasteiger charge is 2.14. The molecule has 2 rings (SSSR count). The van der Waals surface area contributed by atoms with Crippen molar-refractivity contribution in [3.8, 4) is 5.75 Å². The van der Waals surface area contributed by atoms with Crippen molar-refractivity contribution in [2.45, 2.75) is 0 Å². The fourth-order valence-electron chi connectivity index (χ4n) is 1.99. The molecule has 0 unspecified atom stereocenters. The summed E-state index contributed by atoms with van der Waals surface area (Å²) >= 11 is 0. The number of sulfonamides is 1. The van der Waals surface area contributed by atoms with Crippen LogP contribution in [0.25, 0.3) is 0 Å². The smallest absolute Gasteiger partial charge is 0.273 e. The lowest BCUT2D eigenvalue weighted by Gasteiger charge is -2.10. The van der Waals surface area contributed by atoms with Gasteiger partial charge in [-0.1, -0.05) is 0 Å². The number of carbonyl (C=O) groups is 1. The first-order valence-electron chi connectivity index (χ1n) is 6.91. The third-order valence-electron chi connectivity index (χ3n) is 3.09. The molecule has 2 aromatic carbocycles. The van der Waals surface area contributed by atoms with Crippen LogP contribution in [-0.2, 0) is 10.0 Å². The van der Waals surface area contributed by atoms with Crippen molar-refractivity contribution in [2.24, 2.45) is 0 Å². The van der Waals surface area contributed by atoms with Crippen LogP contribution in [0.4, 0.5) is 17.1 Å². The van der Waals surface area contributed by atoms with Crippen LogP contribution in [0.3, 0.4) is 0 Å². The van der Waals surface area contributed by atoms with E-state index in [1.165, 1.54) is 49.6 Å². The van der Waals surface area contributed by atoms with Gasteiger partial charge in [0.1, 0.15) is 5.75 Å². The SMILES string of the molecule is COc1cc([N+](=O)[O-])ccc1NC(=O)c1ccc(NS(C)(=O)=O)cc1. The maximum atomic E-state index is 12.3. The third-order valence-corrected chi connectivity index (χ3v) is 3.70. The second-order valence-corrected chi connectivity index (χ2v) is 6.80. The first-order valence-corrected chi connectivity index (χ1v) is 8.80. The molecule has 0 aromatic heterocycles. The number of hydrogen-bond acceptors (Lipinski definition) is 6. The molecule has 2 aromatic rings. The summed E-state index contributed by atoms with van der Waals surface area (Å²) < 4.78 is 29.6. The molecule has 132 valence electrons. The highest BCUT2D eigenvalue weighted by atomic mass is 32.2. The van der Waals surface area contributed by atoms with E-state index >= 15 is 0 Å². The molecule has 0 spiro atoms. The minimum Gasteiger partial charge on any atom is -0.494 e. The number of amides is 1. The van der Waals surface area contributed by atoms with Crippen LogP contribution in [-0.4, -0.2) is 32.6 Å². The predicted octanol–water partition coefficient (Wildman–Crippen LogP) is 2.23. The van der Waals surface area contributed by atoms with Gasteiger partial charge in [-0.2, -0.15) is 0 Å². The van der Waals surface area contributed by atoms with Crippen LogP contribution >= 0.6 is 0 Å². The Morgan fingerprint density at radius 3 is 2.32 bits per heavy atom. The maximum Gasteiger partial charge on any atom is 0.273 e. The first kappa shape index (κ1) is 18.2. The second-order valence-electron chi connectivity index (χ2n) is 5.05. The van der Waals surface area contributed by atoms with Crippen LogP contribution < -0.4 is 14.8 Å². The Balaban J connectivity index is 2.18. The largest absolute Gasteiger partial charge is 0.494 e. The molecule has 0 bridgehead atoms. The number of benzene rings is 2. The van der Waals surface area contributed by atoms with E-state index in [0.29, 0.717) is 5.69 Å². The molecule has 1 amide bonds. The molecule has 0 heterocycles.